The third-order valence-corrected chi connectivity index (χ3v) is 14.9. The summed E-state index contributed by atoms with van der Waals surface area (Å²) in [7, 11) is 0. The second-order valence-corrected chi connectivity index (χ2v) is 18.8. The maximum atomic E-state index is 6.64. The fourth-order valence-corrected chi connectivity index (χ4v) is 11.6. The predicted octanol–water partition coefficient (Wildman–Crippen LogP) is 17.1. The molecule has 0 saturated carbocycles. The second-order valence-electron chi connectivity index (χ2n) is 18.8. The highest BCUT2D eigenvalue weighted by molar-refractivity contribution is 6.26. The summed E-state index contributed by atoms with van der Waals surface area (Å²) in [5.41, 5.74) is 19.4. The minimum Gasteiger partial charge on any atom is -0.488 e. The Morgan fingerprint density at radius 3 is 1.55 bits per heavy atom. The van der Waals surface area contributed by atoms with Crippen LogP contribution >= 0.6 is 0 Å². The van der Waals surface area contributed by atoms with Crippen LogP contribution in [0.1, 0.15) is 30.5 Å². The van der Waals surface area contributed by atoms with Gasteiger partial charge in [0, 0.05) is 33.0 Å². The summed E-state index contributed by atoms with van der Waals surface area (Å²) in [6.45, 7) is 5.32. The molecule has 2 heterocycles. The number of fused-ring (bicyclic) bond motifs is 16. The van der Waals surface area contributed by atoms with E-state index in [0.717, 1.165) is 11.4 Å². The Balaban J connectivity index is 0.956. The molecule has 1 aliphatic carbocycles. The van der Waals surface area contributed by atoms with Crippen molar-refractivity contribution in [2.75, 3.05) is 0 Å². The standard InChI is InChI=1S/C64H43NO/c1-64(2)58-31-30-53-47-15-7-6-14-45(47)38-66-63(53)62(58)54-29-27-46(37-59(54)64)65-60-32-25-42(41-22-20-40(21-23-41)39-12-4-3-5-13-39)35-56(60)57-36-44(26-33-61(57)65)43-24-28-52-50-18-9-8-16-48(50)49-17-10-11-19-51(49)55(52)34-43/h3-37H,38H2,1-2H3. The molecule has 66 heavy (non-hydrogen) atoms. The van der Waals surface area contributed by atoms with E-state index >= 15 is 0 Å². The minimum atomic E-state index is -0.216. The summed E-state index contributed by atoms with van der Waals surface area (Å²) in [5.74, 6) is 1.01. The second kappa shape index (κ2) is 13.9. The van der Waals surface area contributed by atoms with Crippen molar-refractivity contribution >= 4 is 54.1 Å². The van der Waals surface area contributed by atoms with Crippen molar-refractivity contribution in [1.82, 2.24) is 4.57 Å². The van der Waals surface area contributed by atoms with E-state index in [9.17, 15) is 0 Å². The van der Waals surface area contributed by atoms with Gasteiger partial charge in [0.05, 0.1) is 11.0 Å². The zero-order chi connectivity index (χ0) is 43.7. The molecule has 12 aromatic rings. The van der Waals surface area contributed by atoms with Gasteiger partial charge in [-0.3, -0.25) is 0 Å². The molecule has 0 unspecified atom stereocenters. The zero-order valence-electron chi connectivity index (χ0n) is 36.8. The minimum absolute atomic E-state index is 0.216. The van der Waals surface area contributed by atoms with Crippen molar-refractivity contribution in [3.63, 3.8) is 0 Å². The highest BCUT2D eigenvalue weighted by Gasteiger charge is 2.39. The van der Waals surface area contributed by atoms with Gasteiger partial charge in [0.25, 0.3) is 0 Å². The van der Waals surface area contributed by atoms with Crippen LogP contribution in [0.4, 0.5) is 0 Å². The largest absolute Gasteiger partial charge is 0.488 e. The van der Waals surface area contributed by atoms with Crippen LogP contribution in [0.5, 0.6) is 5.75 Å². The van der Waals surface area contributed by atoms with Gasteiger partial charge in [0.2, 0.25) is 0 Å². The van der Waals surface area contributed by atoms with Crippen LogP contribution in [0, 0.1) is 0 Å². The molecule has 2 nitrogen and oxygen atoms in total. The van der Waals surface area contributed by atoms with Crippen molar-refractivity contribution in [3.8, 4) is 67.1 Å². The lowest BCUT2D eigenvalue weighted by Crippen LogP contribution is -2.16. The molecule has 0 spiro atoms. The molecule has 14 rings (SSSR count). The van der Waals surface area contributed by atoms with E-state index < -0.39 is 0 Å². The van der Waals surface area contributed by atoms with Crippen LogP contribution in [0.2, 0.25) is 0 Å². The highest BCUT2D eigenvalue weighted by atomic mass is 16.5. The third kappa shape index (κ3) is 5.36. The molecule has 0 saturated heterocycles. The van der Waals surface area contributed by atoms with Crippen molar-refractivity contribution in [1.29, 1.82) is 0 Å². The van der Waals surface area contributed by atoms with Gasteiger partial charge >= 0.3 is 0 Å². The van der Waals surface area contributed by atoms with E-state index in [-0.39, 0.29) is 5.41 Å². The maximum Gasteiger partial charge on any atom is 0.135 e. The summed E-state index contributed by atoms with van der Waals surface area (Å²) in [6.07, 6.45) is 0. The van der Waals surface area contributed by atoms with Crippen LogP contribution < -0.4 is 4.74 Å². The van der Waals surface area contributed by atoms with E-state index in [0.29, 0.717) is 6.61 Å². The molecule has 310 valence electrons. The topological polar surface area (TPSA) is 14.2 Å². The molecule has 2 aliphatic rings. The van der Waals surface area contributed by atoms with Crippen LogP contribution in [0.3, 0.4) is 0 Å². The molecular formula is C64H43NO. The molecule has 0 atom stereocenters. The SMILES string of the molecule is CC1(C)c2cc(-n3c4ccc(-c5ccc(-c6ccccc6)cc5)cc4c4cc(-c5ccc6c7ccccc7c7ccccc7c6c5)ccc43)ccc2-c2c1ccc1c2OCc2ccccc2-1. The average molecular weight is 842 g/mol. The molecule has 0 amide bonds. The van der Waals surface area contributed by atoms with Crippen molar-refractivity contribution in [3.05, 3.63) is 229 Å². The Kier molecular flexibility index (Phi) is 7.83. The molecule has 0 N–H and O–H groups in total. The highest BCUT2D eigenvalue weighted by Crippen LogP contribution is 2.56. The fourth-order valence-electron chi connectivity index (χ4n) is 11.6. The fraction of sp³-hybridized carbons (Fsp3) is 0.0625. The van der Waals surface area contributed by atoms with Crippen LogP contribution in [-0.2, 0) is 12.0 Å². The summed E-state index contributed by atoms with van der Waals surface area (Å²) >= 11 is 0. The number of nitrogens with zero attached hydrogens (tertiary/aromatic N) is 1. The first-order valence-corrected chi connectivity index (χ1v) is 23.1. The van der Waals surface area contributed by atoms with Gasteiger partial charge < -0.3 is 9.30 Å². The molecule has 1 aliphatic heterocycles. The van der Waals surface area contributed by atoms with E-state index in [1.165, 1.54) is 126 Å². The van der Waals surface area contributed by atoms with Crippen LogP contribution in [0.15, 0.2) is 212 Å². The van der Waals surface area contributed by atoms with Crippen molar-refractivity contribution in [2.24, 2.45) is 0 Å². The molecule has 0 bridgehead atoms. The summed E-state index contributed by atoms with van der Waals surface area (Å²) in [6, 6.07) is 78.9. The first-order chi connectivity index (χ1) is 32.5. The molecular weight excluding hydrogens is 799 g/mol. The zero-order valence-corrected chi connectivity index (χ0v) is 36.8. The van der Waals surface area contributed by atoms with Gasteiger partial charge in [-0.05, 0) is 136 Å². The number of aromatic nitrogens is 1. The number of rotatable bonds is 4. The molecule has 0 radical (unpaired) electrons. The smallest absolute Gasteiger partial charge is 0.135 e. The summed E-state index contributed by atoms with van der Waals surface area (Å²) in [5, 5.41) is 10.2. The Hall–Kier alpha value is -8.20. The van der Waals surface area contributed by atoms with Gasteiger partial charge in [0.1, 0.15) is 12.4 Å². The number of hydrogen-bond donors (Lipinski definition) is 0. The monoisotopic (exact) mass is 841 g/mol. The predicted molar refractivity (Wildman–Crippen MR) is 277 cm³/mol. The Morgan fingerprint density at radius 2 is 0.864 bits per heavy atom. The van der Waals surface area contributed by atoms with Gasteiger partial charge in [-0.15, -0.1) is 0 Å². The van der Waals surface area contributed by atoms with Crippen molar-refractivity contribution in [2.45, 2.75) is 25.9 Å². The van der Waals surface area contributed by atoms with E-state index in [4.69, 9.17) is 4.74 Å². The van der Waals surface area contributed by atoms with E-state index in [1.807, 2.05) is 0 Å². The first-order valence-electron chi connectivity index (χ1n) is 23.1. The lowest BCUT2D eigenvalue weighted by atomic mass is 9.81. The Bertz CT molecular complexity index is 3970. The number of hydrogen-bond acceptors (Lipinski definition) is 1. The lowest BCUT2D eigenvalue weighted by Gasteiger charge is -2.25. The Labute approximate surface area is 383 Å². The normalized spacial score (nSPS) is 13.5. The van der Waals surface area contributed by atoms with Crippen molar-refractivity contribution < 1.29 is 4.74 Å². The Morgan fingerprint density at radius 1 is 0.364 bits per heavy atom. The molecule has 11 aromatic carbocycles. The van der Waals surface area contributed by atoms with Gasteiger partial charge in [-0.1, -0.05) is 184 Å². The molecule has 1 aromatic heterocycles. The maximum absolute atomic E-state index is 6.64. The summed E-state index contributed by atoms with van der Waals surface area (Å²) in [4.78, 5) is 0. The van der Waals surface area contributed by atoms with Gasteiger partial charge in [-0.25, -0.2) is 0 Å². The van der Waals surface area contributed by atoms with E-state index in [1.54, 1.807) is 0 Å². The summed E-state index contributed by atoms with van der Waals surface area (Å²) < 4.78 is 9.13. The first kappa shape index (κ1) is 37.2. The van der Waals surface area contributed by atoms with E-state index in [2.05, 4.69) is 231 Å². The lowest BCUT2D eigenvalue weighted by molar-refractivity contribution is 0.303. The quantitative estimate of drug-likeness (QED) is 0.161. The third-order valence-electron chi connectivity index (χ3n) is 14.9. The average Bonchev–Trinajstić information content (AvgIpc) is 3.83. The number of benzene rings is 11. The van der Waals surface area contributed by atoms with Crippen LogP contribution in [-0.4, -0.2) is 4.57 Å². The van der Waals surface area contributed by atoms with Gasteiger partial charge in [-0.2, -0.15) is 0 Å². The van der Waals surface area contributed by atoms with Crippen LogP contribution in [0.25, 0.3) is 115 Å². The van der Waals surface area contributed by atoms with Gasteiger partial charge in [0.15, 0.2) is 0 Å². The molecule has 0 fully saturated rings. The molecule has 2 heteroatoms. The number of ether oxygens (including phenoxy) is 1.